The van der Waals surface area contributed by atoms with Crippen molar-refractivity contribution in [3.63, 3.8) is 0 Å². The van der Waals surface area contributed by atoms with E-state index in [1.807, 2.05) is 0 Å². The molecule has 0 spiro atoms. The van der Waals surface area contributed by atoms with Crippen LogP contribution in [-0.4, -0.2) is 14.7 Å². The molecule has 2 N–H and O–H groups in total. The number of carbonyl (C=O) groups is 1. The Morgan fingerprint density at radius 1 is 0.926 bits per heavy atom. The molecule has 1 fully saturated rings. The maximum Gasteiger partial charge on any atom is 0.227 e. The molecule has 0 aliphatic heterocycles. The first-order chi connectivity index (χ1) is 12.7. The van der Waals surface area contributed by atoms with Gasteiger partial charge in [-0.1, -0.05) is 83.4 Å². The zero-order valence-corrected chi connectivity index (χ0v) is 19.9. The van der Waals surface area contributed by atoms with Gasteiger partial charge in [-0.2, -0.15) is 0 Å². The molecule has 154 valence electrons. The number of rotatable bonds is 3. The van der Waals surface area contributed by atoms with Crippen molar-refractivity contribution in [2.24, 2.45) is 17.1 Å². The summed E-state index contributed by atoms with van der Waals surface area (Å²) < 4.78 is 0. The number of hydrogen-bond donors (Lipinski definition) is 1. The number of allylic oxidation sites excluding steroid dienone is 3. The standard InChI is InChI=1S/C24H43NOSi/c1-17-18(2)20(4)22(19(17)3)24(23(25)26)16-14-12-10-8-7-9-11-13-15-21(24)27(5)6/h19,21,27H,7-16H2,1-6H3,(H2,25,26). The normalized spacial score (nSPS) is 31.8. The molecule has 1 amide bonds. The van der Waals surface area contributed by atoms with Gasteiger partial charge in [0.05, 0.1) is 5.41 Å². The minimum absolute atomic E-state index is 0.0329. The van der Waals surface area contributed by atoms with Crippen molar-refractivity contribution in [1.82, 2.24) is 0 Å². The predicted octanol–water partition coefficient (Wildman–Crippen LogP) is 6.53. The first-order valence-corrected chi connectivity index (χ1v) is 14.4. The van der Waals surface area contributed by atoms with Crippen LogP contribution in [0.25, 0.3) is 0 Å². The fourth-order valence-corrected chi connectivity index (χ4v) is 8.57. The molecule has 3 heteroatoms. The lowest BCUT2D eigenvalue weighted by Crippen LogP contribution is -2.47. The summed E-state index contributed by atoms with van der Waals surface area (Å²) in [5.41, 5.74) is 12.0. The Labute approximate surface area is 169 Å². The van der Waals surface area contributed by atoms with Gasteiger partial charge in [0.15, 0.2) is 0 Å². The van der Waals surface area contributed by atoms with Gasteiger partial charge in [-0.15, -0.1) is 0 Å². The molecule has 0 aromatic carbocycles. The van der Waals surface area contributed by atoms with Crippen molar-refractivity contribution >= 4 is 14.7 Å². The highest BCUT2D eigenvalue weighted by Gasteiger charge is 2.51. The summed E-state index contributed by atoms with van der Waals surface area (Å²) in [5, 5.41) is 0. The fourth-order valence-electron chi connectivity index (χ4n) is 6.02. The average Bonchev–Trinajstić information content (AvgIpc) is 2.79. The Morgan fingerprint density at radius 2 is 1.44 bits per heavy atom. The van der Waals surface area contributed by atoms with E-state index < -0.39 is 14.2 Å². The van der Waals surface area contributed by atoms with E-state index in [4.69, 9.17) is 5.73 Å². The maximum atomic E-state index is 13.3. The quantitative estimate of drug-likeness (QED) is 0.548. The van der Waals surface area contributed by atoms with Gasteiger partial charge in [0, 0.05) is 8.80 Å². The lowest BCUT2D eigenvalue weighted by atomic mass is 9.66. The Kier molecular flexibility index (Phi) is 7.97. The van der Waals surface area contributed by atoms with E-state index in [9.17, 15) is 4.79 Å². The van der Waals surface area contributed by atoms with Crippen LogP contribution in [0.5, 0.6) is 0 Å². The molecule has 2 aliphatic rings. The number of amides is 1. The van der Waals surface area contributed by atoms with Gasteiger partial charge in [-0.3, -0.25) is 4.79 Å². The van der Waals surface area contributed by atoms with Crippen molar-refractivity contribution in [2.45, 2.75) is 111 Å². The molecule has 1 saturated carbocycles. The van der Waals surface area contributed by atoms with Crippen LogP contribution >= 0.6 is 0 Å². The highest BCUT2D eigenvalue weighted by atomic mass is 28.3. The minimum Gasteiger partial charge on any atom is -0.369 e. The molecule has 0 bridgehead atoms. The molecular formula is C24H43NOSi. The molecule has 2 aliphatic carbocycles. The average molecular weight is 390 g/mol. The second-order valence-electron chi connectivity index (χ2n) is 9.62. The van der Waals surface area contributed by atoms with Gasteiger partial charge in [0.2, 0.25) is 5.91 Å². The largest absolute Gasteiger partial charge is 0.369 e. The first-order valence-electron chi connectivity index (χ1n) is 11.4. The van der Waals surface area contributed by atoms with E-state index in [1.165, 1.54) is 73.7 Å². The van der Waals surface area contributed by atoms with Crippen LogP contribution in [0.2, 0.25) is 18.6 Å². The van der Waals surface area contributed by atoms with Gasteiger partial charge in [-0.05, 0) is 55.4 Å². The van der Waals surface area contributed by atoms with Crippen LogP contribution in [0.4, 0.5) is 0 Å². The summed E-state index contributed by atoms with van der Waals surface area (Å²) in [4.78, 5) is 13.3. The fraction of sp³-hybridized carbons (Fsp3) is 0.792. The topological polar surface area (TPSA) is 43.1 Å². The van der Waals surface area contributed by atoms with Gasteiger partial charge in [0.25, 0.3) is 0 Å². The van der Waals surface area contributed by atoms with Crippen molar-refractivity contribution in [3.05, 3.63) is 22.3 Å². The highest BCUT2D eigenvalue weighted by Crippen LogP contribution is 2.56. The third kappa shape index (κ3) is 4.44. The monoisotopic (exact) mass is 389 g/mol. The second-order valence-corrected chi connectivity index (χ2v) is 12.9. The van der Waals surface area contributed by atoms with Gasteiger partial charge in [0.1, 0.15) is 0 Å². The van der Waals surface area contributed by atoms with E-state index >= 15 is 0 Å². The molecule has 27 heavy (non-hydrogen) atoms. The predicted molar refractivity (Wildman–Crippen MR) is 121 cm³/mol. The molecule has 0 aromatic heterocycles. The summed E-state index contributed by atoms with van der Waals surface area (Å²) in [6.07, 6.45) is 12.5. The Hall–Kier alpha value is -0.833. The highest BCUT2D eigenvalue weighted by molar-refractivity contribution is 6.58. The van der Waals surface area contributed by atoms with Gasteiger partial charge in [-0.25, -0.2) is 0 Å². The molecule has 0 heterocycles. The molecule has 3 unspecified atom stereocenters. The third-order valence-electron chi connectivity index (χ3n) is 7.83. The van der Waals surface area contributed by atoms with Crippen molar-refractivity contribution in [1.29, 1.82) is 0 Å². The van der Waals surface area contributed by atoms with Crippen molar-refractivity contribution in [2.75, 3.05) is 0 Å². The van der Waals surface area contributed by atoms with Crippen molar-refractivity contribution < 1.29 is 4.79 Å². The van der Waals surface area contributed by atoms with E-state index in [2.05, 4.69) is 40.8 Å². The Bertz CT molecular complexity index is 604. The lowest BCUT2D eigenvalue weighted by molar-refractivity contribution is -0.127. The Morgan fingerprint density at radius 3 is 1.89 bits per heavy atom. The third-order valence-corrected chi connectivity index (χ3v) is 10.3. The SMILES string of the molecule is CC1=C(C)C(C)C(C2(C(N)=O)CCCCCCCCCCC2[SiH](C)C)=C1C. The molecule has 0 radical (unpaired) electrons. The summed E-state index contributed by atoms with van der Waals surface area (Å²) in [6.45, 7) is 13.9. The lowest BCUT2D eigenvalue weighted by Gasteiger charge is -2.44. The number of hydrogen-bond acceptors (Lipinski definition) is 1. The molecular weight excluding hydrogens is 346 g/mol. The van der Waals surface area contributed by atoms with Crippen LogP contribution in [-0.2, 0) is 4.79 Å². The van der Waals surface area contributed by atoms with Crippen LogP contribution in [0, 0.1) is 11.3 Å². The zero-order valence-electron chi connectivity index (χ0n) is 18.8. The van der Waals surface area contributed by atoms with Crippen LogP contribution in [0.1, 0.15) is 91.9 Å². The molecule has 3 atom stereocenters. The van der Waals surface area contributed by atoms with E-state index in [1.54, 1.807) is 0 Å². The summed E-state index contributed by atoms with van der Waals surface area (Å²) >= 11 is 0. The van der Waals surface area contributed by atoms with Crippen LogP contribution < -0.4 is 5.73 Å². The van der Waals surface area contributed by atoms with E-state index in [0.717, 1.165) is 12.8 Å². The molecule has 2 nitrogen and oxygen atoms in total. The van der Waals surface area contributed by atoms with Crippen molar-refractivity contribution in [3.8, 4) is 0 Å². The number of primary amides is 1. The molecule has 0 aromatic rings. The van der Waals surface area contributed by atoms with Crippen LogP contribution in [0.15, 0.2) is 22.3 Å². The molecule has 0 saturated heterocycles. The van der Waals surface area contributed by atoms with Gasteiger partial charge < -0.3 is 5.73 Å². The molecule has 2 rings (SSSR count). The van der Waals surface area contributed by atoms with E-state index in [0.29, 0.717) is 11.5 Å². The van der Waals surface area contributed by atoms with Gasteiger partial charge >= 0.3 is 0 Å². The Balaban J connectivity index is 2.55. The second kappa shape index (κ2) is 9.58. The zero-order chi connectivity index (χ0) is 20.2. The van der Waals surface area contributed by atoms with E-state index in [-0.39, 0.29) is 5.91 Å². The minimum atomic E-state index is -1.05. The smallest absolute Gasteiger partial charge is 0.227 e. The maximum absolute atomic E-state index is 13.3. The van der Waals surface area contributed by atoms with Crippen LogP contribution in [0.3, 0.4) is 0 Å². The summed E-state index contributed by atoms with van der Waals surface area (Å²) in [6, 6.07) is 0. The summed E-state index contributed by atoms with van der Waals surface area (Å²) in [7, 11) is -1.05. The summed E-state index contributed by atoms with van der Waals surface area (Å²) in [5.74, 6) is 0.329. The first kappa shape index (κ1) is 22.5. The number of nitrogens with two attached hydrogens (primary N) is 1. The number of carbonyl (C=O) groups excluding carboxylic acids is 1.